The third-order valence-corrected chi connectivity index (χ3v) is 5.11. The van der Waals surface area contributed by atoms with Crippen LogP contribution in [0.15, 0.2) is 70.2 Å². The van der Waals surface area contributed by atoms with E-state index in [4.69, 9.17) is 25.8 Å². The van der Waals surface area contributed by atoms with Gasteiger partial charge in [-0.3, -0.25) is 4.79 Å². The van der Waals surface area contributed by atoms with Crippen LogP contribution in [-0.4, -0.2) is 32.3 Å². The Labute approximate surface area is 198 Å². The summed E-state index contributed by atoms with van der Waals surface area (Å²) in [5.74, 6) is 0.118. The third-order valence-electron chi connectivity index (χ3n) is 4.28. The summed E-state index contributed by atoms with van der Waals surface area (Å²) in [4.78, 5) is 24.9. The van der Waals surface area contributed by atoms with E-state index in [2.05, 4.69) is 26.5 Å². The van der Waals surface area contributed by atoms with Crippen molar-refractivity contribution in [2.24, 2.45) is 5.10 Å². The minimum atomic E-state index is -0.609. The lowest BCUT2D eigenvalue weighted by Gasteiger charge is -2.09. The van der Waals surface area contributed by atoms with Crippen LogP contribution in [0.3, 0.4) is 0 Å². The molecule has 32 heavy (non-hydrogen) atoms. The van der Waals surface area contributed by atoms with Crippen LogP contribution >= 0.6 is 27.5 Å². The summed E-state index contributed by atoms with van der Waals surface area (Å²) in [6.07, 6.45) is 1.37. The van der Waals surface area contributed by atoms with E-state index in [0.29, 0.717) is 22.6 Å². The number of rotatable bonds is 7. The first-order valence-corrected chi connectivity index (χ1v) is 10.4. The van der Waals surface area contributed by atoms with E-state index >= 15 is 0 Å². The number of nitrogens with zero attached hydrogens (tertiary/aromatic N) is 1. The van der Waals surface area contributed by atoms with Crippen LogP contribution in [-0.2, 0) is 0 Å². The van der Waals surface area contributed by atoms with Gasteiger partial charge >= 0.3 is 5.97 Å². The van der Waals surface area contributed by atoms with Gasteiger partial charge in [-0.25, -0.2) is 10.2 Å². The molecule has 0 aliphatic rings. The number of halogens is 2. The molecule has 0 aliphatic carbocycles. The van der Waals surface area contributed by atoms with Crippen molar-refractivity contribution in [3.8, 4) is 17.2 Å². The minimum absolute atomic E-state index is 0.238. The zero-order valence-electron chi connectivity index (χ0n) is 17.1. The second kappa shape index (κ2) is 10.8. The van der Waals surface area contributed by atoms with Gasteiger partial charge < -0.3 is 14.2 Å². The number of benzene rings is 3. The van der Waals surface area contributed by atoms with Crippen molar-refractivity contribution < 1.29 is 23.8 Å². The van der Waals surface area contributed by atoms with Gasteiger partial charge in [0.15, 0.2) is 11.5 Å². The summed E-state index contributed by atoms with van der Waals surface area (Å²) in [6.45, 7) is 0. The Kier molecular flexibility index (Phi) is 7.86. The molecule has 3 aromatic carbocycles. The van der Waals surface area contributed by atoms with E-state index in [1.165, 1.54) is 20.4 Å². The van der Waals surface area contributed by atoms with Gasteiger partial charge in [-0.1, -0.05) is 39.7 Å². The first-order valence-electron chi connectivity index (χ1n) is 9.24. The molecule has 9 heteroatoms. The standard InChI is InChI=1S/C23H18BrClN2O5/c1-30-20-9-7-14(12-21(20)31-2)22(28)27-26-13-15-11-16(24)8-10-19(15)32-23(29)17-5-3-4-6-18(17)25/h3-13H,1-2H3,(H,27,28). The van der Waals surface area contributed by atoms with E-state index in [1.54, 1.807) is 60.7 Å². The average molecular weight is 518 g/mol. The molecule has 0 unspecified atom stereocenters. The summed E-state index contributed by atoms with van der Waals surface area (Å²) < 4.78 is 16.6. The fourth-order valence-corrected chi connectivity index (χ4v) is 3.29. The van der Waals surface area contributed by atoms with Gasteiger partial charge in [0, 0.05) is 15.6 Å². The van der Waals surface area contributed by atoms with Crippen LogP contribution in [0, 0.1) is 0 Å². The van der Waals surface area contributed by atoms with Gasteiger partial charge in [-0.05, 0) is 48.5 Å². The molecule has 3 rings (SSSR count). The van der Waals surface area contributed by atoms with Gasteiger partial charge in [0.1, 0.15) is 5.75 Å². The predicted octanol–water partition coefficient (Wildman–Crippen LogP) is 5.10. The summed E-state index contributed by atoms with van der Waals surface area (Å²) in [6, 6.07) is 16.4. The normalized spacial score (nSPS) is 10.6. The first kappa shape index (κ1) is 23.3. The van der Waals surface area contributed by atoms with Gasteiger partial charge in [0.2, 0.25) is 0 Å². The zero-order chi connectivity index (χ0) is 23.1. The number of amides is 1. The largest absolute Gasteiger partial charge is 0.493 e. The van der Waals surface area contributed by atoms with Crippen LogP contribution in [0.4, 0.5) is 0 Å². The molecule has 0 heterocycles. The van der Waals surface area contributed by atoms with Crippen molar-refractivity contribution in [1.82, 2.24) is 5.43 Å². The summed E-state index contributed by atoms with van der Waals surface area (Å²) in [5, 5.41) is 4.26. The summed E-state index contributed by atoms with van der Waals surface area (Å²) in [7, 11) is 2.99. The molecule has 0 atom stereocenters. The fourth-order valence-electron chi connectivity index (χ4n) is 2.70. The molecule has 0 bridgehead atoms. The SMILES string of the molecule is COc1ccc(C(=O)NN=Cc2cc(Br)ccc2OC(=O)c2ccccc2Cl)cc1OC. The Morgan fingerprint density at radius 3 is 2.41 bits per heavy atom. The van der Waals surface area contributed by atoms with Gasteiger partial charge in [0.05, 0.1) is 31.0 Å². The Bertz CT molecular complexity index is 1180. The molecule has 0 saturated carbocycles. The molecule has 164 valence electrons. The Balaban J connectivity index is 1.76. The quantitative estimate of drug-likeness (QED) is 0.204. The van der Waals surface area contributed by atoms with E-state index in [9.17, 15) is 9.59 Å². The number of hydrogen-bond acceptors (Lipinski definition) is 6. The highest BCUT2D eigenvalue weighted by atomic mass is 79.9. The highest BCUT2D eigenvalue weighted by Gasteiger charge is 2.15. The lowest BCUT2D eigenvalue weighted by molar-refractivity contribution is 0.0734. The number of hydrazone groups is 1. The fraction of sp³-hybridized carbons (Fsp3) is 0.0870. The van der Waals surface area contributed by atoms with Gasteiger partial charge in [0.25, 0.3) is 5.91 Å². The maximum atomic E-state index is 12.5. The van der Waals surface area contributed by atoms with E-state index in [0.717, 1.165) is 4.47 Å². The molecule has 1 N–H and O–H groups in total. The molecule has 0 aromatic heterocycles. The number of hydrogen-bond donors (Lipinski definition) is 1. The van der Waals surface area contributed by atoms with Crippen LogP contribution in [0.25, 0.3) is 0 Å². The van der Waals surface area contributed by atoms with Crippen molar-refractivity contribution in [1.29, 1.82) is 0 Å². The number of methoxy groups -OCH3 is 2. The Morgan fingerprint density at radius 2 is 1.69 bits per heavy atom. The molecular weight excluding hydrogens is 500 g/mol. The number of esters is 1. The number of carbonyl (C=O) groups excluding carboxylic acids is 2. The number of carbonyl (C=O) groups is 2. The van der Waals surface area contributed by atoms with Crippen LogP contribution < -0.4 is 19.6 Å². The second-order valence-electron chi connectivity index (χ2n) is 6.32. The summed E-state index contributed by atoms with van der Waals surface area (Å²) >= 11 is 9.44. The van der Waals surface area contributed by atoms with Crippen molar-refractivity contribution in [2.75, 3.05) is 14.2 Å². The highest BCUT2D eigenvalue weighted by Crippen LogP contribution is 2.27. The van der Waals surface area contributed by atoms with Crippen LogP contribution in [0.1, 0.15) is 26.3 Å². The van der Waals surface area contributed by atoms with Crippen molar-refractivity contribution >= 4 is 45.6 Å². The lowest BCUT2D eigenvalue weighted by Crippen LogP contribution is -2.18. The number of nitrogens with one attached hydrogen (secondary N) is 1. The topological polar surface area (TPSA) is 86.2 Å². The first-order chi connectivity index (χ1) is 15.4. The average Bonchev–Trinajstić information content (AvgIpc) is 2.80. The van der Waals surface area contributed by atoms with Crippen molar-refractivity contribution in [2.45, 2.75) is 0 Å². The van der Waals surface area contributed by atoms with Crippen LogP contribution in [0.2, 0.25) is 5.02 Å². The molecule has 0 aliphatic heterocycles. The molecule has 0 fully saturated rings. The zero-order valence-corrected chi connectivity index (χ0v) is 19.4. The van der Waals surface area contributed by atoms with Gasteiger partial charge in [-0.2, -0.15) is 5.10 Å². The van der Waals surface area contributed by atoms with Crippen molar-refractivity contribution in [3.05, 3.63) is 86.8 Å². The van der Waals surface area contributed by atoms with Gasteiger partial charge in [-0.15, -0.1) is 0 Å². The summed E-state index contributed by atoms with van der Waals surface area (Å²) in [5.41, 5.74) is 3.47. The van der Waals surface area contributed by atoms with Crippen molar-refractivity contribution in [3.63, 3.8) is 0 Å². The van der Waals surface area contributed by atoms with E-state index in [-0.39, 0.29) is 16.3 Å². The molecule has 3 aromatic rings. The number of ether oxygens (including phenoxy) is 3. The van der Waals surface area contributed by atoms with E-state index < -0.39 is 11.9 Å². The van der Waals surface area contributed by atoms with Crippen LogP contribution in [0.5, 0.6) is 17.2 Å². The third kappa shape index (κ3) is 5.66. The molecular formula is C23H18BrClN2O5. The lowest BCUT2D eigenvalue weighted by atomic mass is 10.2. The predicted molar refractivity (Wildman–Crippen MR) is 125 cm³/mol. The second-order valence-corrected chi connectivity index (χ2v) is 7.64. The molecule has 7 nitrogen and oxygen atoms in total. The molecule has 1 amide bonds. The maximum absolute atomic E-state index is 12.5. The Hall–Kier alpha value is -3.36. The minimum Gasteiger partial charge on any atom is -0.493 e. The smallest absolute Gasteiger partial charge is 0.345 e. The van der Waals surface area contributed by atoms with E-state index in [1.807, 2.05) is 0 Å². The maximum Gasteiger partial charge on any atom is 0.345 e. The molecule has 0 spiro atoms. The highest BCUT2D eigenvalue weighted by molar-refractivity contribution is 9.10. The Morgan fingerprint density at radius 1 is 0.969 bits per heavy atom. The monoisotopic (exact) mass is 516 g/mol. The molecule has 0 radical (unpaired) electrons. The molecule has 0 saturated heterocycles.